The first kappa shape index (κ1) is 15.7. The van der Waals surface area contributed by atoms with E-state index in [1.807, 2.05) is 14.1 Å². The molecule has 2 aromatic rings. The van der Waals surface area contributed by atoms with Crippen LogP contribution in [-0.2, 0) is 0 Å². The van der Waals surface area contributed by atoms with Gasteiger partial charge in [-0.25, -0.2) is 19.2 Å². The molecule has 6 nitrogen and oxygen atoms in total. The van der Waals surface area contributed by atoms with Gasteiger partial charge in [0.15, 0.2) is 0 Å². The molecular weight excluding hydrogens is 285 g/mol. The van der Waals surface area contributed by atoms with Crippen molar-refractivity contribution in [3.63, 3.8) is 0 Å². The van der Waals surface area contributed by atoms with Gasteiger partial charge in [-0.3, -0.25) is 0 Å². The Morgan fingerprint density at radius 3 is 2.23 bits per heavy atom. The van der Waals surface area contributed by atoms with E-state index in [-0.39, 0.29) is 5.69 Å². The molecule has 0 aliphatic carbocycles. The summed E-state index contributed by atoms with van der Waals surface area (Å²) >= 11 is 0. The molecule has 1 aromatic carbocycles. The van der Waals surface area contributed by atoms with Crippen LogP contribution in [0.2, 0.25) is 0 Å². The number of hydrogen-bond acceptors (Lipinski definition) is 4. The van der Waals surface area contributed by atoms with Crippen LogP contribution in [0.25, 0.3) is 0 Å². The maximum absolute atomic E-state index is 13.5. The molecule has 22 heavy (non-hydrogen) atoms. The van der Waals surface area contributed by atoms with E-state index in [9.17, 15) is 9.18 Å². The number of rotatable bonds is 3. The first-order chi connectivity index (χ1) is 10.4. The van der Waals surface area contributed by atoms with Gasteiger partial charge in [-0.2, -0.15) is 0 Å². The van der Waals surface area contributed by atoms with Crippen LogP contribution in [-0.4, -0.2) is 30.1 Å². The zero-order valence-electron chi connectivity index (χ0n) is 12.9. The lowest BCUT2D eigenvalue weighted by molar-refractivity contribution is 0.262. The minimum Gasteiger partial charge on any atom is -0.347 e. The number of urea groups is 1. The highest BCUT2D eigenvalue weighted by Crippen LogP contribution is 2.20. The molecule has 0 unspecified atom stereocenters. The number of carbonyl (C=O) groups excluding carboxylic acids is 1. The Kier molecular flexibility index (Phi) is 4.55. The van der Waals surface area contributed by atoms with Crippen molar-refractivity contribution < 1.29 is 9.18 Å². The summed E-state index contributed by atoms with van der Waals surface area (Å²) < 4.78 is 13.5. The third kappa shape index (κ3) is 3.49. The highest BCUT2D eigenvalue weighted by atomic mass is 19.1. The number of nitrogens with zero attached hydrogens (tertiary/aromatic N) is 3. The molecule has 0 aliphatic heterocycles. The maximum Gasteiger partial charge on any atom is 0.323 e. The van der Waals surface area contributed by atoms with Crippen LogP contribution >= 0.6 is 0 Å². The van der Waals surface area contributed by atoms with Crippen molar-refractivity contribution in [1.29, 1.82) is 0 Å². The van der Waals surface area contributed by atoms with Crippen molar-refractivity contribution in [2.24, 2.45) is 0 Å². The molecule has 0 fully saturated rings. The highest BCUT2D eigenvalue weighted by molar-refractivity contribution is 6.00. The van der Waals surface area contributed by atoms with E-state index in [0.29, 0.717) is 23.0 Å². The SMILES string of the molecule is Cc1nc(N(C)C)nc(C)c1NC(=O)Nc1ccccc1F. The second-order valence-electron chi connectivity index (χ2n) is 5.02. The lowest BCUT2D eigenvalue weighted by atomic mass is 10.3. The number of hydrogen-bond donors (Lipinski definition) is 2. The third-order valence-electron chi connectivity index (χ3n) is 3.02. The summed E-state index contributed by atoms with van der Waals surface area (Å²) in [5.41, 5.74) is 1.90. The number of anilines is 3. The Hall–Kier alpha value is -2.70. The molecule has 2 rings (SSSR count). The van der Waals surface area contributed by atoms with Crippen molar-refractivity contribution in [1.82, 2.24) is 9.97 Å². The molecule has 0 spiro atoms. The summed E-state index contributed by atoms with van der Waals surface area (Å²) in [5.74, 6) is 0.0698. The molecule has 1 aromatic heterocycles. The van der Waals surface area contributed by atoms with Gasteiger partial charge >= 0.3 is 6.03 Å². The van der Waals surface area contributed by atoms with Gasteiger partial charge in [0.2, 0.25) is 5.95 Å². The first-order valence-electron chi connectivity index (χ1n) is 6.73. The number of aromatic nitrogens is 2. The fourth-order valence-electron chi connectivity index (χ4n) is 1.91. The number of nitrogens with one attached hydrogen (secondary N) is 2. The van der Waals surface area contributed by atoms with E-state index in [4.69, 9.17) is 0 Å². The smallest absolute Gasteiger partial charge is 0.323 e. The predicted molar refractivity (Wildman–Crippen MR) is 84.9 cm³/mol. The van der Waals surface area contributed by atoms with Crippen molar-refractivity contribution in [3.05, 3.63) is 41.5 Å². The van der Waals surface area contributed by atoms with Crippen molar-refractivity contribution in [2.75, 3.05) is 29.6 Å². The number of benzene rings is 1. The number of carbonyl (C=O) groups is 1. The minimum absolute atomic E-state index is 0.112. The Bertz CT molecular complexity index is 679. The van der Waals surface area contributed by atoms with Gasteiger partial charge in [-0.05, 0) is 26.0 Å². The van der Waals surface area contributed by atoms with Crippen LogP contribution in [0.5, 0.6) is 0 Å². The quantitative estimate of drug-likeness (QED) is 0.914. The van der Waals surface area contributed by atoms with Crippen LogP contribution in [0.4, 0.5) is 26.5 Å². The second-order valence-corrected chi connectivity index (χ2v) is 5.02. The summed E-state index contributed by atoms with van der Waals surface area (Å²) in [5, 5.41) is 5.12. The molecule has 0 radical (unpaired) electrons. The highest BCUT2D eigenvalue weighted by Gasteiger charge is 2.13. The number of amides is 2. The summed E-state index contributed by atoms with van der Waals surface area (Å²) in [6, 6.07) is 5.42. The van der Waals surface area contributed by atoms with E-state index in [1.54, 1.807) is 30.9 Å². The largest absolute Gasteiger partial charge is 0.347 e. The van der Waals surface area contributed by atoms with Gasteiger partial charge in [-0.1, -0.05) is 12.1 Å². The Morgan fingerprint density at radius 1 is 1.09 bits per heavy atom. The van der Waals surface area contributed by atoms with E-state index in [1.165, 1.54) is 12.1 Å². The van der Waals surface area contributed by atoms with Crippen LogP contribution < -0.4 is 15.5 Å². The molecule has 116 valence electrons. The van der Waals surface area contributed by atoms with Gasteiger partial charge in [0.05, 0.1) is 22.8 Å². The molecule has 0 saturated carbocycles. The molecule has 0 saturated heterocycles. The Balaban J connectivity index is 2.17. The minimum atomic E-state index is -0.544. The van der Waals surface area contributed by atoms with Gasteiger partial charge in [0.25, 0.3) is 0 Å². The normalized spacial score (nSPS) is 10.2. The molecule has 2 amide bonds. The predicted octanol–water partition coefficient (Wildman–Crippen LogP) is 2.94. The van der Waals surface area contributed by atoms with Crippen molar-refractivity contribution >= 4 is 23.4 Å². The Morgan fingerprint density at radius 2 is 1.68 bits per heavy atom. The standard InChI is InChI=1S/C15H18FN5O/c1-9-13(10(2)18-14(17-9)21(3)4)20-15(22)19-12-8-6-5-7-11(12)16/h5-8H,1-4H3,(H2,19,20,22). The van der Waals surface area contributed by atoms with E-state index < -0.39 is 11.8 Å². The first-order valence-corrected chi connectivity index (χ1v) is 6.73. The zero-order valence-corrected chi connectivity index (χ0v) is 12.9. The van der Waals surface area contributed by atoms with Crippen LogP contribution in [0.1, 0.15) is 11.4 Å². The third-order valence-corrected chi connectivity index (χ3v) is 3.02. The van der Waals surface area contributed by atoms with Crippen molar-refractivity contribution in [2.45, 2.75) is 13.8 Å². The topological polar surface area (TPSA) is 70.2 Å². The molecule has 0 atom stereocenters. The average molecular weight is 303 g/mol. The summed E-state index contributed by atoms with van der Waals surface area (Å²) in [7, 11) is 3.68. The molecular formula is C15H18FN5O. The number of aryl methyl sites for hydroxylation is 2. The monoisotopic (exact) mass is 303 g/mol. The summed E-state index contributed by atoms with van der Waals surface area (Å²) in [4.78, 5) is 22.4. The molecule has 7 heteroatoms. The van der Waals surface area contributed by atoms with E-state index in [0.717, 1.165) is 0 Å². The zero-order chi connectivity index (χ0) is 16.3. The fraction of sp³-hybridized carbons (Fsp3) is 0.267. The van der Waals surface area contributed by atoms with E-state index in [2.05, 4.69) is 20.6 Å². The van der Waals surface area contributed by atoms with E-state index >= 15 is 0 Å². The molecule has 1 heterocycles. The van der Waals surface area contributed by atoms with Gasteiger partial charge in [0, 0.05) is 14.1 Å². The lowest BCUT2D eigenvalue weighted by Gasteiger charge is -2.16. The maximum atomic E-state index is 13.5. The summed E-state index contributed by atoms with van der Waals surface area (Å²) in [6.07, 6.45) is 0. The van der Waals surface area contributed by atoms with Gasteiger partial charge < -0.3 is 15.5 Å². The van der Waals surface area contributed by atoms with Crippen LogP contribution in [0.15, 0.2) is 24.3 Å². The van der Waals surface area contributed by atoms with Crippen LogP contribution in [0.3, 0.4) is 0 Å². The Labute approximate surface area is 128 Å². The molecule has 2 N–H and O–H groups in total. The molecule has 0 aliphatic rings. The average Bonchev–Trinajstić information content (AvgIpc) is 2.45. The number of halogens is 1. The molecule has 0 bridgehead atoms. The van der Waals surface area contributed by atoms with Crippen molar-refractivity contribution in [3.8, 4) is 0 Å². The fourth-order valence-corrected chi connectivity index (χ4v) is 1.91. The number of para-hydroxylation sites is 1. The van der Waals surface area contributed by atoms with Crippen LogP contribution in [0, 0.1) is 19.7 Å². The van der Waals surface area contributed by atoms with Gasteiger partial charge in [0.1, 0.15) is 5.82 Å². The second kappa shape index (κ2) is 6.38. The summed E-state index contributed by atoms with van der Waals surface area (Å²) in [6.45, 7) is 3.56. The van der Waals surface area contributed by atoms with Gasteiger partial charge in [-0.15, -0.1) is 0 Å². The lowest BCUT2D eigenvalue weighted by Crippen LogP contribution is -2.23.